The first kappa shape index (κ1) is 15.6. The summed E-state index contributed by atoms with van der Waals surface area (Å²) in [6, 6.07) is 1.66. The van der Waals surface area contributed by atoms with Crippen LogP contribution in [0.25, 0.3) is 0 Å². The molecule has 0 spiro atoms. The maximum Gasteiger partial charge on any atom is 0.411 e. The number of nitrogens with one attached hydrogen (secondary N) is 1. The van der Waals surface area contributed by atoms with Gasteiger partial charge in [0.15, 0.2) is 5.82 Å². The van der Waals surface area contributed by atoms with Crippen molar-refractivity contribution in [2.75, 3.05) is 12.0 Å². The molecule has 0 aromatic carbocycles. The van der Waals surface area contributed by atoms with E-state index in [1.165, 1.54) is 0 Å². The molecule has 0 fully saturated rings. The fourth-order valence-corrected chi connectivity index (χ4v) is 1.47. The summed E-state index contributed by atoms with van der Waals surface area (Å²) < 4.78 is 40.4. The molecular formula is C11H17F3N4O. The highest BCUT2D eigenvalue weighted by molar-refractivity contribution is 5.34. The van der Waals surface area contributed by atoms with Gasteiger partial charge in [0.25, 0.3) is 0 Å². The topological polar surface area (TPSA) is 73.1 Å². The minimum Gasteiger partial charge on any atom is -0.364 e. The Hall–Kier alpha value is -1.41. The highest BCUT2D eigenvalue weighted by Crippen LogP contribution is 2.16. The van der Waals surface area contributed by atoms with E-state index in [0.717, 1.165) is 0 Å². The number of nitrogens with two attached hydrogens (primary N) is 1. The van der Waals surface area contributed by atoms with E-state index in [0.29, 0.717) is 23.9 Å². The summed E-state index contributed by atoms with van der Waals surface area (Å²) in [7, 11) is 0. The number of hydrogen-bond donors (Lipinski definition) is 2. The Kier molecular flexibility index (Phi) is 5.49. The maximum atomic E-state index is 12.0. The van der Waals surface area contributed by atoms with E-state index in [1.807, 2.05) is 13.8 Å². The van der Waals surface area contributed by atoms with E-state index in [2.05, 4.69) is 20.1 Å². The minimum atomic E-state index is -4.36. The van der Waals surface area contributed by atoms with Gasteiger partial charge in [-0.05, 0) is 12.3 Å². The molecule has 1 rings (SSSR count). The van der Waals surface area contributed by atoms with Crippen LogP contribution in [0.3, 0.4) is 0 Å². The number of ether oxygens (including phenoxy) is 1. The average molecular weight is 278 g/mol. The molecule has 5 nitrogen and oxygen atoms in total. The Morgan fingerprint density at radius 1 is 1.37 bits per heavy atom. The number of halogens is 3. The zero-order valence-electron chi connectivity index (χ0n) is 10.8. The molecule has 1 aromatic heterocycles. The minimum absolute atomic E-state index is 0.176. The molecule has 0 saturated heterocycles. The van der Waals surface area contributed by atoms with Crippen LogP contribution in [-0.4, -0.2) is 22.8 Å². The van der Waals surface area contributed by atoms with Crippen LogP contribution in [0, 0.1) is 5.92 Å². The Morgan fingerprint density at radius 3 is 2.58 bits per heavy atom. The molecule has 0 aliphatic rings. The lowest BCUT2D eigenvalue weighted by atomic mass is 10.1. The summed E-state index contributed by atoms with van der Waals surface area (Å²) in [5.74, 6) is 6.15. The number of rotatable bonds is 6. The van der Waals surface area contributed by atoms with E-state index in [1.54, 1.807) is 6.07 Å². The zero-order valence-corrected chi connectivity index (χ0v) is 10.8. The Labute approximate surface area is 109 Å². The van der Waals surface area contributed by atoms with Gasteiger partial charge in [0.1, 0.15) is 19.0 Å². The summed E-state index contributed by atoms with van der Waals surface area (Å²) in [5.41, 5.74) is 3.07. The van der Waals surface area contributed by atoms with E-state index in [9.17, 15) is 13.2 Å². The van der Waals surface area contributed by atoms with Gasteiger partial charge in [-0.15, -0.1) is 0 Å². The van der Waals surface area contributed by atoms with Crippen LogP contribution in [0.15, 0.2) is 6.07 Å². The first-order valence-corrected chi connectivity index (χ1v) is 5.78. The van der Waals surface area contributed by atoms with Crippen molar-refractivity contribution in [3.63, 3.8) is 0 Å². The smallest absolute Gasteiger partial charge is 0.364 e. The third-order valence-corrected chi connectivity index (χ3v) is 2.09. The number of hydrogen-bond acceptors (Lipinski definition) is 5. The number of aromatic nitrogens is 2. The van der Waals surface area contributed by atoms with E-state index in [-0.39, 0.29) is 12.4 Å². The summed E-state index contributed by atoms with van der Waals surface area (Å²) in [5, 5.41) is 0. The Bertz CT molecular complexity index is 409. The second kappa shape index (κ2) is 6.67. The Balaban J connectivity index is 2.71. The molecule has 0 amide bonds. The lowest BCUT2D eigenvalue weighted by Crippen LogP contribution is -2.18. The molecule has 108 valence electrons. The average Bonchev–Trinajstić information content (AvgIpc) is 2.26. The van der Waals surface area contributed by atoms with Gasteiger partial charge in [-0.1, -0.05) is 13.8 Å². The number of hydrazine groups is 1. The quantitative estimate of drug-likeness (QED) is 0.615. The molecule has 0 radical (unpaired) electrons. The summed E-state index contributed by atoms with van der Waals surface area (Å²) in [4.78, 5) is 8.08. The van der Waals surface area contributed by atoms with E-state index in [4.69, 9.17) is 5.84 Å². The molecule has 1 heterocycles. The van der Waals surface area contributed by atoms with Crippen molar-refractivity contribution in [2.45, 2.75) is 33.1 Å². The highest BCUT2D eigenvalue weighted by Gasteiger charge is 2.27. The molecule has 0 saturated carbocycles. The Morgan fingerprint density at radius 2 is 2.05 bits per heavy atom. The summed E-state index contributed by atoms with van der Waals surface area (Å²) in [6.07, 6.45) is -3.67. The van der Waals surface area contributed by atoms with Crippen molar-refractivity contribution >= 4 is 5.82 Å². The fourth-order valence-electron chi connectivity index (χ4n) is 1.47. The van der Waals surface area contributed by atoms with Gasteiger partial charge in [0.2, 0.25) is 0 Å². The molecule has 0 bridgehead atoms. The third kappa shape index (κ3) is 6.35. The van der Waals surface area contributed by atoms with Gasteiger partial charge in [-0.2, -0.15) is 13.2 Å². The molecule has 0 aliphatic heterocycles. The molecule has 8 heteroatoms. The van der Waals surface area contributed by atoms with Crippen molar-refractivity contribution in [3.8, 4) is 0 Å². The van der Waals surface area contributed by atoms with Gasteiger partial charge in [0, 0.05) is 11.8 Å². The van der Waals surface area contributed by atoms with Crippen LogP contribution in [0.4, 0.5) is 19.0 Å². The van der Waals surface area contributed by atoms with Gasteiger partial charge in [-0.25, -0.2) is 15.8 Å². The van der Waals surface area contributed by atoms with Crippen LogP contribution in [-0.2, 0) is 17.8 Å². The third-order valence-electron chi connectivity index (χ3n) is 2.09. The highest BCUT2D eigenvalue weighted by atomic mass is 19.4. The maximum absolute atomic E-state index is 12.0. The van der Waals surface area contributed by atoms with Crippen LogP contribution in [0.1, 0.15) is 25.4 Å². The van der Waals surface area contributed by atoms with Gasteiger partial charge in [0.05, 0.1) is 0 Å². The molecular weight excluding hydrogens is 261 g/mol. The van der Waals surface area contributed by atoms with E-state index < -0.39 is 12.8 Å². The van der Waals surface area contributed by atoms with Crippen molar-refractivity contribution in [3.05, 3.63) is 17.6 Å². The van der Waals surface area contributed by atoms with Crippen LogP contribution in [0.5, 0.6) is 0 Å². The van der Waals surface area contributed by atoms with Crippen molar-refractivity contribution in [1.82, 2.24) is 9.97 Å². The largest absolute Gasteiger partial charge is 0.411 e. The standard InChI is InChI=1S/C11H17F3N4O/c1-7(2)3-8-4-9(18-15)17-10(16-8)5-19-6-11(12,13)14/h4,7H,3,5-6,15H2,1-2H3,(H,16,17,18). The monoisotopic (exact) mass is 278 g/mol. The lowest BCUT2D eigenvalue weighted by molar-refractivity contribution is -0.177. The number of alkyl halides is 3. The summed E-state index contributed by atoms with van der Waals surface area (Å²) >= 11 is 0. The second-order valence-electron chi connectivity index (χ2n) is 4.51. The normalized spacial score (nSPS) is 11.9. The van der Waals surface area contributed by atoms with Crippen molar-refractivity contribution in [2.24, 2.45) is 11.8 Å². The summed E-state index contributed by atoms with van der Waals surface area (Å²) in [6.45, 7) is 2.39. The molecule has 1 aromatic rings. The zero-order chi connectivity index (χ0) is 14.5. The number of nitrogens with zero attached hydrogens (tertiary/aromatic N) is 2. The van der Waals surface area contributed by atoms with Gasteiger partial charge in [-0.3, -0.25) is 0 Å². The molecule has 0 aliphatic carbocycles. The molecule has 3 N–H and O–H groups in total. The first-order valence-electron chi connectivity index (χ1n) is 5.78. The molecule has 0 atom stereocenters. The molecule has 19 heavy (non-hydrogen) atoms. The lowest BCUT2D eigenvalue weighted by Gasteiger charge is -2.10. The van der Waals surface area contributed by atoms with Crippen LogP contribution < -0.4 is 11.3 Å². The SMILES string of the molecule is CC(C)Cc1cc(NN)nc(COCC(F)(F)F)n1. The van der Waals surface area contributed by atoms with Crippen LogP contribution >= 0.6 is 0 Å². The van der Waals surface area contributed by atoms with Gasteiger partial charge < -0.3 is 10.2 Å². The number of nitrogen functional groups attached to an aromatic ring is 1. The predicted octanol–water partition coefficient (Wildman–Crippen LogP) is 2.04. The van der Waals surface area contributed by atoms with E-state index >= 15 is 0 Å². The first-order chi connectivity index (χ1) is 8.80. The van der Waals surface area contributed by atoms with Crippen molar-refractivity contribution < 1.29 is 17.9 Å². The molecule has 0 unspecified atom stereocenters. The number of anilines is 1. The van der Waals surface area contributed by atoms with Crippen LogP contribution in [0.2, 0.25) is 0 Å². The van der Waals surface area contributed by atoms with Crippen molar-refractivity contribution in [1.29, 1.82) is 0 Å². The second-order valence-corrected chi connectivity index (χ2v) is 4.51. The fraction of sp³-hybridized carbons (Fsp3) is 0.636. The predicted molar refractivity (Wildman–Crippen MR) is 64.1 cm³/mol. The van der Waals surface area contributed by atoms with Gasteiger partial charge >= 0.3 is 6.18 Å².